The van der Waals surface area contributed by atoms with E-state index in [1.54, 1.807) is 48.5 Å². The van der Waals surface area contributed by atoms with Crippen molar-refractivity contribution in [3.63, 3.8) is 0 Å². The highest BCUT2D eigenvalue weighted by atomic mass is 16.3. The number of benzene rings is 8. The first-order valence-corrected chi connectivity index (χ1v) is 15.2. The van der Waals surface area contributed by atoms with Crippen molar-refractivity contribution in [2.75, 3.05) is 4.90 Å². The molecule has 2 heterocycles. The van der Waals surface area contributed by atoms with Crippen molar-refractivity contribution in [2.45, 2.75) is 0 Å². The van der Waals surface area contributed by atoms with Gasteiger partial charge in [0, 0.05) is 32.8 Å². The molecule has 0 aliphatic heterocycles. The number of para-hydroxylation sites is 2. The molecule has 0 fully saturated rings. The zero-order chi connectivity index (χ0) is 47.1. The van der Waals surface area contributed by atoms with E-state index in [1.807, 2.05) is 12.1 Å². The zero-order valence-corrected chi connectivity index (χ0v) is 25.2. The van der Waals surface area contributed by atoms with Crippen molar-refractivity contribution in [3.05, 3.63) is 176 Å². The van der Waals surface area contributed by atoms with Crippen molar-refractivity contribution in [1.82, 2.24) is 0 Å². The summed E-state index contributed by atoms with van der Waals surface area (Å²) in [6.07, 6.45) is 0. The van der Waals surface area contributed by atoms with Crippen molar-refractivity contribution in [2.24, 2.45) is 0 Å². The number of hydrogen-bond donors (Lipinski definition) is 0. The lowest BCUT2D eigenvalue weighted by atomic mass is 9.99. The fourth-order valence-electron chi connectivity index (χ4n) is 6.19. The van der Waals surface area contributed by atoms with E-state index in [9.17, 15) is 11.0 Å². The number of hydrogen-bond acceptors (Lipinski definition) is 3. The Morgan fingerprint density at radius 1 is 0.449 bits per heavy atom. The van der Waals surface area contributed by atoms with Crippen molar-refractivity contribution in [1.29, 1.82) is 0 Å². The van der Waals surface area contributed by atoms with Gasteiger partial charge in [0.15, 0.2) is 0 Å². The van der Waals surface area contributed by atoms with E-state index in [4.69, 9.17) is 21.2 Å². The number of nitrogens with zero attached hydrogens (tertiary/aromatic N) is 1. The van der Waals surface area contributed by atoms with Gasteiger partial charge in [0.1, 0.15) is 22.3 Å². The molecule has 0 N–H and O–H groups in total. The van der Waals surface area contributed by atoms with Gasteiger partial charge < -0.3 is 13.7 Å². The highest BCUT2D eigenvalue weighted by Gasteiger charge is 2.22. The quantitative estimate of drug-likeness (QED) is 0.187. The molecular weight excluding hydrogens is 599 g/mol. The molecule has 3 nitrogen and oxygen atoms in total. The highest BCUT2D eigenvalue weighted by Crippen LogP contribution is 2.47. The van der Waals surface area contributed by atoms with E-state index < -0.39 is 136 Å². The van der Waals surface area contributed by atoms with E-state index in [2.05, 4.69) is 0 Å². The van der Waals surface area contributed by atoms with Gasteiger partial charge in [-0.25, -0.2) is 0 Å². The Morgan fingerprint density at radius 3 is 2.14 bits per heavy atom. The van der Waals surface area contributed by atoms with Crippen LogP contribution in [-0.2, 0) is 0 Å². The van der Waals surface area contributed by atoms with Gasteiger partial charge in [0.2, 0.25) is 0 Å². The molecule has 0 radical (unpaired) electrons. The molecule has 230 valence electrons. The van der Waals surface area contributed by atoms with E-state index in [-0.39, 0.29) is 38.4 Å². The molecule has 8 aromatic carbocycles. The van der Waals surface area contributed by atoms with Crippen molar-refractivity contribution >= 4 is 71.7 Å². The summed E-state index contributed by atoms with van der Waals surface area (Å²) in [6.45, 7) is 0. The second-order valence-electron chi connectivity index (χ2n) is 11.2. The maximum absolute atomic E-state index is 9.71. The fourth-order valence-corrected chi connectivity index (χ4v) is 6.19. The van der Waals surface area contributed by atoms with Crippen molar-refractivity contribution < 1.29 is 32.1 Å². The molecule has 0 saturated carbocycles. The monoisotopic (exact) mass is 644 g/mol. The van der Waals surface area contributed by atoms with Crippen LogP contribution in [0.5, 0.6) is 0 Å². The molecule has 2 aromatic heterocycles. The van der Waals surface area contributed by atoms with E-state index >= 15 is 0 Å². The standard InChI is InChI=1S/C46H29NO2/c1-2-11-31(12-3-1)35-14-6-8-17-40(35)47(41-18-10-20-43-45(41)39-28-23-32-13-4-5-15-36(32)46(39)49-43)34-25-21-30(22-26-34)33-24-27-38-37-16-7-9-19-42(37)48-44(38)29-33/h1-29H/i4D,5D,6D,8D,10D,13D,14D,15D,17D,18D,20D,21D,22D,23D,25D,26D,28D. The number of rotatable bonds is 5. The van der Waals surface area contributed by atoms with Crippen LogP contribution in [0.15, 0.2) is 184 Å². The fraction of sp³-hybridized carbons (Fsp3) is 0. The zero-order valence-electron chi connectivity index (χ0n) is 42.2. The molecule has 0 aliphatic rings. The predicted octanol–water partition coefficient (Wildman–Crippen LogP) is 13.4. The molecule has 0 bridgehead atoms. The number of fused-ring (bicyclic) bond motifs is 8. The van der Waals surface area contributed by atoms with Gasteiger partial charge in [-0.2, -0.15) is 0 Å². The molecule has 0 unspecified atom stereocenters. The van der Waals surface area contributed by atoms with Gasteiger partial charge in [-0.05, 0) is 76.5 Å². The van der Waals surface area contributed by atoms with Crippen LogP contribution in [0.2, 0.25) is 0 Å². The van der Waals surface area contributed by atoms with E-state index in [1.165, 1.54) is 12.1 Å². The largest absolute Gasteiger partial charge is 0.456 e. The Kier molecular flexibility index (Phi) is 3.49. The maximum Gasteiger partial charge on any atom is 0.143 e. The Labute approximate surface area is 306 Å². The van der Waals surface area contributed by atoms with Crippen LogP contribution < -0.4 is 4.90 Å². The van der Waals surface area contributed by atoms with Crippen LogP contribution >= 0.6 is 0 Å². The van der Waals surface area contributed by atoms with Gasteiger partial charge in [-0.1, -0.05) is 121 Å². The number of anilines is 3. The molecule has 0 saturated heterocycles. The van der Waals surface area contributed by atoms with E-state index in [0.29, 0.717) is 11.2 Å². The third-order valence-electron chi connectivity index (χ3n) is 8.41. The molecule has 3 heteroatoms. The summed E-state index contributed by atoms with van der Waals surface area (Å²) >= 11 is 0. The van der Waals surface area contributed by atoms with Crippen LogP contribution in [0.4, 0.5) is 17.1 Å². The van der Waals surface area contributed by atoms with Crippen LogP contribution in [0.3, 0.4) is 0 Å². The minimum atomic E-state index is -0.848. The molecular formula is C46H29NO2. The minimum Gasteiger partial charge on any atom is -0.456 e. The number of furan rings is 2. The second-order valence-corrected chi connectivity index (χ2v) is 11.2. The van der Waals surface area contributed by atoms with Gasteiger partial charge in [-0.15, -0.1) is 0 Å². The first-order chi connectivity index (χ1) is 31.4. The summed E-state index contributed by atoms with van der Waals surface area (Å²) in [4.78, 5) is 0.887. The minimum absolute atomic E-state index is 0.171. The second kappa shape index (κ2) is 11.0. The lowest BCUT2D eigenvalue weighted by Gasteiger charge is -2.28. The third kappa shape index (κ3) is 4.44. The van der Waals surface area contributed by atoms with Gasteiger partial charge in [0.25, 0.3) is 0 Å². The average molecular weight is 645 g/mol. The van der Waals surface area contributed by atoms with Crippen LogP contribution in [-0.4, -0.2) is 0 Å². The summed E-state index contributed by atoms with van der Waals surface area (Å²) < 4.78 is 168. The SMILES string of the molecule is [2H]c1c([2H])c([2H])c(N(c2c([2H])c([2H])c(-c3ccc4c(c3)oc3ccccc34)c([2H])c2[2H])c2c([2H])c([2H])c([2H])c3oc4c5c([2H])c([2H])c([2H])c([2H])c5c([2H])c([2H])c4c23)c(-c2ccccc2)c1[2H]. The molecule has 10 rings (SSSR count). The molecule has 0 aliphatic carbocycles. The molecule has 0 atom stereocenters. The Hall–Kier alpha value is -6.58. The molecule has 10 aromatic rings. The summed E-state index contributed by atoms with van der Waals surface area (Å²) in [5, 5.41) is -0.00162. The average Bonchev–Trinajstić information content (AvgIpc) is 3.89. The van der Waals surface area contributed by atoms with Crippen molar-refractivity contribution in [3.8, 4) is 22.3 Å². The van der Waals surface area contributed by atoms with Crippen LogP contribution in [0, 0.1) is 0 Å². The van der Waals surface area contributed by atoms with Crippen LogP contribution in [0.1, 0.15) is 23.3 Å². The Bertz CT molecular complexity index is 3780. The Morgan fingerprint density at radius 2 is 1.22 bits per heavy atom. The van der Waals surface area contributed by atoms with Gasteiger partial charge >= 0.3 is 0 Å². The maximum atomic E-state index is 9.71. The van der Waals surface area contributed by atoms with Gasteiger partial charge in [-0.3, -0.25) is 0 Å². The molecule has 49 heavy (non-hydrogen) atoms. The third-order valence-corrected chi connectivity index (χ3v) is 8.41. The van der Waals surface area contributed by atoms with Gasteiger partial charge in [0.05, 0.1) is 40.1 Å². The predicted molar refractivity (Wildman–Crippen MR) is 204 cm³/mol. The molecule has 0 spiro atoms. The lowest BCUT2D eigenvalue weighted by Crippen LogP contribution is -2.11. The summed E-state index contributed by atoms with van der Waals surface area (Å²) in [7, 11) is 0. The first-order valence-electron chi connectivity index (χ1n) is 23.7. The molecule has 0 amide bonds. The Balaban J connectivity index is 1.41. The highest BCUT2D eigenvalue weighted by molar-refractivity contribution is 6.20. The topological polar surface area (TPSA) is 29.5 Å². The summed E-state index contributed by atoms with van der Waals surface area (Å²) in [5.41, 5.74) is -1.74. The van der Waals surface area contributed by atoms with E-state index in [0.717, 1.165) is 15.7 Å². The normalized spacial score (nSPS) is 16.5. The summed E-state index contributed by atoms with van der Waals surface area (Å²) in [6, 6.07) is 7.96. The first kappa shape index (κ1) is 15.5. The summed E-state index contributed by atoms with van der Waals surface area (Å²) in [5.74, 6) is 0. The lowest BCUT2D eigenvalue weighted by molar-refractivity contribution is 0.669. The van der Waals surface area contributed by atoms with Crippen LogP contribution in [0.25, 0.3) is 76.9 Å². The smallest absolute Gasteiger partial charge is 0.143 e.